The van der Waals surface area contributed by atoms with E-state index in [0.717, 1.165) is 0 Å². The van der Waals surface area contributed by atoms with Gasteiger partial charge in [0, 0.05) is 11.0 Å². The fraction of sp³-hybridized carbons (Fsp3) is 0.250. The van der Waals surface area contributed by atoms with E-state index < -0.39 is 11.5 Å². The number of ether oxygens (including phenoxy) is 1. The van der Waals surface area contributed by atoms with Gasteiger partial charge < -0.3 is 4.74 Å². The molecule has 1 aromatic carbocycles. The molecule has 0 radical (unpaired) electrons. The number of hydrogen-bond acceptors (Lipinski definition) is 3. The molecule has 0 saturated heterocycles. The van der Waals surface area contributed by atoms with Crippen molar-refractivity contribution in [2.75, 3.05) is 6.61 Å². The second kappa shape index (κ2) is 6.49. The van der Waals surface area contributed by atoms with Crippen LogP contribution in [0.25, 0.3) is 6.08 Å². The highest BCUT2D eigenvalue weighted by atomic mass is 32.2. The summed E-state index contributed by atoms with van der Waals surface area (Å²) in [6.07, 6.45) is 2.72. The minimum absolute atomic E-state index is 0.107. The summed E-state index contributed by atoms with van der Waals surface area (Å²) in [6.45, 7) is 1.97. The van der Waals surface area contributed by atoms with Crippen LogP contribution < -0.4 is 0 Å². The van der Waals surface area contributed by atoms with E-state index in [2.05, 4.69) is 4.74 Å². The van der Waals surface area contributed by atoms with Gasteiger partial charge in [-0.05, 0) is 42.5 Å². The van der Waals surface area contributed by atoms with Crippen LogP contribution in [-0.2, 0) is 9.53 Å². The number of rotatable bonds is 4. The molecule has 98 valence electrons. The van der Waals surface area contributed by atoms with Gasteiger partial charge in [0.2, 0.25) is 0 Å². The summed E-state index contributed by atoms with van der Waals surface area (Å²) in [7, 11) is 0. The summed E-state index contributed by atoms with van der Waals surface area (Å²) < 4.78 is 40.9. The Morgan fingerprint density at radius 3 is 2.44 bits per heavy atom. The van der Waals surface area contributed by atoms with Crippen molar-refractivity contribution in [1.82, 2.24) is 0 Å². The Bertz CT molecular complexity index is 424. The highest BCUT2D eigenvalue weighted by molar-refractivity contribution is 8.00. The molecular formula is C12H11F3O2S. The van der Waals surface area contributed by atoms with Crippen molar-refractivity contribution in [2.45, 2.75) is 17.3 Å². The van der Waals surface area contributed by atoms with Crippen molar-refractivity contribution in [3.05, 3.63) is 35.9 Å². The third-order valence-corrected chi connectivity index (χ3v) is 2.55. The average molecular weight is 276 g/mol. The molecular weight excluding hydrogens is 265 g/mol. The summed E-state index contributed by atoms with van der Waals surface area (Å²) in [5, 5.41) is 0. The molecule has 0 aliphatic carbocycles. The maximum absolute atomic E-state index is 12.1. The van der Waals surface area contributed by atoms with Crippen LogP contribution in [0.5, 0.6) is 0 Å². The molecule has 0 heterocycles. The van der Waals surface area contributed by atoms with Gasteiger partial charge in [-0.25, -0.2) is 4.79 Å². The third kappa shape index (κ3) is 5.77. The van der Waals surface area contributed by atoms with E-state index in [1.54, 1.807) is 6.92 Å². The molecule has 0 unspecified atom stereocenters. The van der Waals surface area contributed by atoms with Gasteiger partial charge in [0.1, 0.15) is 0 Å². The van der Waals surface area contributed by atoms with Crippen LogP contribution in [0.2, 0.25) is 0 Å². The van der Waals surface area contributed by atoms with Gasteiger partial charge in [-0.3, -0.25) is 0 Å². The predicted octanol–water partition coefficient (Wildman–Crippen LogP) is 3.87. The lowest BCUT2D eigenvalue weighted by Crippen LogP contribution is -1.99. The Balaban J connectivity index is 2.63. The Morgan fingerprint density at radius 2 is 1.94 bits per heavy atom. The average Bonchev–Trinajstić information content (AvgIpc) is 2.26. The molecule has 0 atom stereocenters. The van der Waals surface area contributed by atoms with E-state index in [1.165, 1.54) is 36.4 Å². The summed E-state index contributed by atoms with van der Waals surface area (Å²) in [6, 6.07) is 5.71. The molecule has 0 aliphatic rings. The number of hydrogen-bond donors (Lipinski definition) is 0. The first-order chi connectivity index (χ1) is 8.40. The molecule has 0 aromatic heterocycles. The highest BCUT2D eigenvalue weighted by Gasteiger charge is 2.28. The second-order valence-corrected chi connectivity index (χ2v) is 4.34. The Labute approximate surface area is 107 Å². The molecule has 18 heavy (non-hydrogen) atoms. The third-order valence-electron chi connectivity index (χ3n) is 1.81. The van der Waals surface area contributed by atoms with E-state index >= 15 is 0 Å². The van der Waals surface area contributed by atoms with Crippen molar-refractivity contribution in [3.8, 4) is 0 Å². The first-order valence-electron chi connectivity index (χ1n) is 5.11. The zero-order valence-corrected chi connectivity index (χ0v) is 10.3. The summed E-state index contributed by atoms with van der Waals surface area (Å²) >= 11 is -0.174. The standard InChI is InChI=1S/C12H11F3O2S/c1-2-17-11(16)8-5-9-3-6-10(7-4-9)18-12(13,14)15/h3-8H,2H2,1H3. The molecule has 2 nitrogen and oxygen atoms in total. The first-order valence-corrected chi connectivity index (χ1v) is 5.93. The van der Waals surface area contributed by atoms with Crippen LogP contribution in [0.15, 0.2) is 35.2 Å². The normalized spacial score (nSPS) is 11.8. The molecule has 0 spiro atoms. The number of thioether (sulfide) groups is 1. The minimum atomic E-state index is -4.29. The smallest absolute Gasteiger partial charge is 0.446 e. The van der Waals surface area contributed by atoms with E-state index in [-0.39, 0.29) is 23.3 Å². The minimum Gasteiger partial charge on any atom is -0.463 e. The van der Waals surface area contributed by atoms with Gasteiger partial charge in [-0.1, -0.05) is 12.1 Å². The highest BCUT2D eigenvalue weighted by Crippen LogP contribution is 2.36. The molecule has 1 rings (SSSR count). The molecule has 0 aliphatic heterocycles. The van der Waals surface area contributed by atoms with Gasteiger partial charge in [0.05, 0.1) is 6.61 Å². The zero-order valence-electron chi connectivity index (χ0n) is 9.53. The quantitative estimate of drug-likeness (QED) is 0.474. The number of carbonyl (C=O) groups is 1. The predicted molar refractivity (Wildman–Crippen MR) is 64.0 cm³/mol. The molecule has 0 N–H and O–H groups in total. The van der Waals surface area contributed by atoms with Crippen LogP contribution in [0.4, 0.5) is 13.2 Å². The first kappa shape index (κ1) is 14.6. The van der Waals surface area contributed by atoms with Gasteiger partial charge in [0.25, 0.3) is 0 Å². The van der Waals surface area contributed by atoms with Gasteiger partial charge in [0.15, 0.2) is 0 Å². The van der Waals surface area contributed by atoms with Gasteiger partial charge in [-0.15, -0.1) is 0 Å². The van der Waals surface area contributed by atoms with E-state index in [0.29, 0.717) is 5.56 Å². The maximum atomic E-state index is 12.1. The number of alkyl halides is 3. The molecule has 0 saturated carbocycles. The molecule has 6 heteroatoms. The summed E-state index contributed by atoms with van der Waals surface area (Å²) in [4.78, 5) is 11.1. The monoisotopic (exact) mass is 276 g/mol. The lowest BCUT2D eigenvalue weighted by atomic mass is 10.2. The number of benzene rings is 1. The summed E-state index contributed by atoms with van der Waals surface area (Å²) in [5.74, 6) is -0.480. The lowest BCUT2D eigenvalue weighted by Gasteiger charge is -2.05. The van der Waals surface area contributed by atoms with Crippen molar-refractivity contribution in [1.29, 1.82) is 0 Å². The van der Waals surface area contributed by atoms with Crippen LogP contribution >= 0.6 is 11.8 Å². The second-order valence-electron chi connectivity index (χ2n) is 3.20. The molecule has 0 fully saturated rings. The Morgan fingerprint density at radius 1 is 1.33 bits per heavy atom. The van der Waals surface area contributed by atoms with E-state index in [9.17, 15) is 18.0 Å². The fourth-order valence-electron chi connectivity index (χ4n) is 1.14. The maximum Gasteiger partial charge on any atom is 0.446 e. The van der Waals surface area contributed by atoms with Crippen molar-refractivity contribution >= 4 is 23.8 Å². The largest absolute Gasteiger partial charge is 0.463 e. The van der Waals surface area contributed by atoms with E-state index in [1.807, 2.05) is 0 Å². The topological polar surface area (TPSA) is 26.3 Å². The Kier molecular flexibility index (Phi) is 5.27. The van der Waals surface area contributed by atoms with Crippen LogP contribution in [-0.4, -0.2) is 18.1 Å². The van der Waals surface area contributed by atoms with Crippen molar-refractivity contribution < 1.29 is 22.7 Å². The van der Waals surface area contributed by atoms with Crippen molar-refractivity contribution in [2.24, 2.45) is 0 Å². The number of esters is 1. The van der Waals surface area contributed by atoms with Gasteiger partial charge >= 0.3 is 11.5 Å². The lowest BCUT2D eigenvalue weighted by molar-refractivity contribution is -0.137. The summed E-state index contributed by atoms with van der Waals surface area (Å²) in [5.41, 5.74) is -3.66. The number of halogens is 3. The SMILES string of the molecule is CCOC(=O)C=Cc1ccc(SC(F)(F)F)cc1. The fourth-order valence-corrected chi connectivity index (χ4v) is 1.67. The molecule has 1 aromatic rings. The molecule has 0 amide bonds. The van der Waals surface area contributed by atoms with Crippen LogP contribution in [0, 0.1) is 0 Å². The van der Waals surface area contributed by atoms with Crippen LogP contribution in [0.1, 0.15) is 12.5 Å². The van der Waals surface area contributed by atoms with Crippen LogP contribution in [0.3, 0.4) is 0 Å². The van der Waals surface area contributed by atoms with Gasteiger partial charge in [-0.2, -0.15) is 13.2 Å². The van der Waals surface area contributed by atoms with Crippen molar-refractivity contribution in [3.63, 3.8) is 0 Å². The molecule has 0 bridgehead atoms. The van der Waals surface area contributed by atoms with E-state index in [4.69, 9.17) is 0 Å². The zero-order chi connectivity index (χ0) is 13.6. The number of carbonyl (C=O) groups excluding carboxylic acids is 1. The Hall–Kier alpha value is -1.43.